The maximum Gasteiger partial charge on any atom is 0.219 e. The minimum absolute atomic E-state index is 0.0947. The van der Waals surface area contributed by atoms with Crippen LogP contribution in [0, 0.1) is 0 Å². The topological polar surface area (TPSA) is 67.9 Å². The molecule has 26 heavy (non-hydrogen) atoms. The summed E-state index contributed by atoms with van der Waals surface area (Å²) in [5, 5.41) is 0.860. The normalized spacial score (nSPS) is 20.8. The number of rotatable bonds is 7. The van der Waals surface area contributed by atoms with Gasteiger partial charge in [-0.15, -0.1) is 6.58 Å². The molecule has 0 unspecified atom stereocenters. The van der Waals surface area contributed by atoms with Gasteiger partial charge in [-0.05, 0) is 29.8 Å². The van der Waals surface area contributed by atoms with Crippen molar-refractivity contribution in [1.82, 2.24) is 9.79 Å². The zero-order valence-corrected chi connectivity index (χ0v) is 15.4. The fraction of sp³-hybridized carbons (Fsp3) is 0.263. The summed E-state index contributed by atoms with van der Waals surface area (Å²) in [4.78, 5) is 5.50. The number of benzene rings is 2. The Morgan fingerprint density at radius 1 is 1.23 bits per heavy atom. The van der Waals surface area contributed by atoms with E-state index in [1.165, 1.54) is 6.08 Å². The van der Waals surface area contributed by atoms with Crippen LogP contribution in [-0.2, 0) is 14.9 Å². The highest BCUT2D eigenvalue weighted by atomic mass is 32.2. The van der Waals surface area contributed by atoms with Crippen molar-refractivity contribution in [3.05, 3.63) is 72.8 Å². The Hall–Kier alpha value is -2.19. The van der Waals surface area contributed by atoms with Gasteiger partial charge in [-0.1, -0.05) is 36.4 Å². The lowest BCUT2D eigenvalue weighted by Crippen LogP contribution is -2.39. The van der Waals surface area contributed by atoms with Crippen LogP contribution >= 0.6 is 0 Å². The summed E-state index contributed by atoms with van der Waals surface area (Å²) >= 11 is 0. The molecule has 0 spiro atoms. The molecule has 1 N–H and O–H groups in total. The number of nitrogens with one attached hydrogen (secondary N) is 1. The molecular weight excluding hydrogens is 352 g/mol. The van der Waals surface area contributed by atoms with E-state index in [-0.39, 0.29) is 13.2 Å². The molecule has 0 saturated carbocycles. The molecule has 0 aromatic heterocycles. The second-order valence-corrected chi connectivity index (χ2v) is 7.98. The van der Waals surface area contributed by atoms with E-state index in [4.69, 9.17) is 9.57 Å². The van der Waals surface area contributed by atoms with Crippen LogP contribution in [0.4, 0.5) is 0 Å². The summed E-state index contributed by atoms with van der Waals surface area (Å²) < 4.78 is 33.6. The fourth-order valence-corrected chi connectivity index (χ4v) is 4.42. The van der Waals surface area contributed by atoms with Crippen molar-refractivity contribution in [1.29, 1.82) is 0 Å². The first-order valence-corrected chi connectivity index (χ1v) is 9.84. The molecule has 1 aliphatic heterocycles. The SMILES string of the molecule is C=CCNS(=O)(=O)[C@@H]1CON(C)[C@H]1c1cccc(Oc2ccccc2)c1. The van der Waals surface area contributed by atoms with Crippen LogP contribution in [0.1, 0.15) is 11.6 Å². The van der Waals surface area contributed by atoms with E-state index in [9.17, 15) is 8.42 Å². The van der Waals surface area contributed by atoms with E-state index in [2.05, 4.69) is 11.3 Å². The molecule has 0 bridgehead atoms. The van der Waals surface area contributed by atoms with Crippen LogP contribution in [0.25, 0.3) is 0 Å². The van der Waals surface area contributed by atoms with Gasteiger partial charge in [-0.2, -0.15) is 5.06 Å². The molecule has 1 heterocycles. The summed E-state index contributed by atoms with van der Waals surface area (Å²) in [5.74, 6) is 1.36. The monoisotopic (exact) mass is 374 g/mol. The Balaban J connectivity index is 1.86. The predicted octanol–water partition coefficient (Wildman–Crippen LogP) is 2.87. The molecule has 1 aliphatic rings. The maximum atomic E-state index is 12.6. The number of ether oxygens (including phenoxy) is 1. The van der Waals surface area contributed by atoms with Gasteiger partial charge >= 0.3 is 0 Å². The number of hydrogen-bond donors (Lipinski definition) is 1. The Bertz CT molecular complexity index is 855. The minimum Gasteiger partial charge on any atom is -0.457 e. The van der Waals surface area contributed by atoms with Crippen LogP contribution in [0.2, 0.25) is 0 Å². The van der Waals surface area contributed by atoms with Crippen LogP contribution < -0.4 is 9.46 Å². The maximum absolute atomic E-state index is 12.6. The van der Waals surface area contributed by atoms with Gasteiger partial charge in [-0.25, -0.2) is 13.1 Å². The Morgan fingerprint density at radius 3 is 2.69 bits per heavy atom. The predicted molar refractivity (Wildman–Crippen MR) is 100 cm³/mol. The number of hydroxylamine groups is 2. The molecule has 2 aromatic rings. The lowest BCUT2D eigenvalue weighted by Gasteiger charge is -2.23. The summed E-state index contributed by atoms with van der Waals surface area (Å²) in [6, 6.07) is 16.4. The van der Waals surface area contributed by atoms with Crippen molar-refractivity contribution >= 4 is 10.0 Å². The summed E-state index contributed by atoms with van der Waals surface area (Å²) in [7, 11) is -1.82. The lowest BCUT2D eigenvalue weighted by atomic mass is 10.0. The number of nitrogens with zero attached hydrogens (tertiary/aromatic N) is 1. The Labute approximate surface area is 154 Å². The molecule has 0 amide bonds. The zero-order valence-electron chi connectivity index (χ0n) is 14.5. The smallest absolute Gasteiger partial charge is 0.219 e. The highest BCUT2D eigenvalue weighted by Crippen LogP contribution is 2.35. The molecule has 1 fully saturated rings. The van der Waals surface area contributed by atoms with E-state index in [0.29, 0.717) is 5.75 Å². The van der Waals surface area contributed by atoms with Gasteiger partial charge in [0, 0.05) is 13.6 Å². The van der Waals surface area contributed by atoms with Crippen molar-refractivity contribution < 1.29 is 18.0 Å². The first kappa shape index (κ1) is 18.6. The number of para-hydroxylation sites is 1. The number of sulfonamides is 1. The summed E-state index contributed by atoms with van der Waals surface area (Å²) in [6.45, 7) is 3.83. The van der Waals surface area contributed by atoms with Gasteiger partial charge in [0.1, 0.15) is 16.7 Å². The van der Waals surface area contributed by atoms with Gasteiger partial charge in [0.25, 0.3) is 0 Å². The van der Waals surface area contributed by atoms with Gasteiger partial charge in [0.15, 0.2) is 0 Å². The van der Waals surface area contributed by atoms with Crippen molar-refractivity contribution in [3.63, 3.8) is 0 Å². The van der Waals surface area contributed by atoms with Gasteiger partial charge in [-0.3, -0.25) is 4.84 Å². The second-order valence-electron chi connectivity index (χ2n) is 5.99. The average molecular weight is 374 g/mol. The molecule has 0 aliphatic carbocycles. The Morgan fingerprint density at radius 2 is 1.96 bits per heavy atom. The molecule has 7 heteroatoms. The molecule has 0 radical (unpaired) electrons. The molecular formula is C19H22N2O4S. The van der Waals surface area contributed by atoms with E-state index < -0.39 is 21.3 Å². The summed E-state index contributed by atoms with van der Waals surface area (Å²) in [5.41, 5.74) is 0.812. The van der Waals surface area contributed by atoms with Crippen LogP contribution in [0.3, 0.4) is 0 Å². The fourth-order valence-electron chi connectivity index (χ4n) is 2.95. The molecule has 1 saturated heterocycles. The second kappa shape index (κ2) is 8.01. The van der Waals surface area contributed by atoms with Crippen LogP contribution in [0.15, 0.2) is 67.3 Å². The van der Waals surface area contributed by atoms with Crippen molar-refractivity contribution in [2.45, 2.75) is 11.3 Å². The molecule has 2 aromatic carbocycles. The third-order valence-corrected chi connectivity index (χ3v) is 5.95. The molecule has 138 valence electrons. The number of hydrogen-bond acceptors (Lipinski definition) is 5. The average Bonchev–Trinajstić information content (AvgIpc) is 3.04. The molecule has 3 rings (SSSR count). The van der Waals surface area contributed by atoms with E-state index in [0.717, 1.165) is 11.3 Å². The highest BCUT2D eigenvalue weighted by Gasteiger charge is 2.43. The minimum atomic E-state index is -3.55. The third kappa shape index (κ3) is 4.13. The lowest BCUT2D eigenvalue weighted by molar-refractivity contribution is -0.110. The van der Waals surface area contributed by atoms with Gasteiger partial charge in [0.05, 0.1) is 12.6 Å². The molecule has 6 nitrogen and oxygen atoms in total. The Kier molecular flexibility index (Phi) is 5.73. The third-order valence-electron chi connectivity index (χ3n) is 4.19. The van der Waals surface area contributed by atoms with Crippen molar-refractivity contribution in [2.24, 2.45) is 0 Å². The van der Waals surface area contributed by atoms with Crippen LogP contribution in [-0.4, -0.2) is 38.9 Å². The van der Waals surface area contributed by atoms with Crippen LogP contribution in [0.5, 0.6) is 11.5 Å². The van der Waals surface area contributed by atoms with Gasteiger partial charge in [0.2, 0.25) is 10.0 Å². The van der Waals surface area contributed by atoms with Gasteiger partial charge < -0.3 is 4.74 Å². The standard InChI is InChI=1S/C19H22N2O4S/c1-3-12-20-26(22,23)18-14-24-21(2)19(18)15-8-7-11-17(13-15)25-16-9-5-4-6-10-16/h3-11,13,18-20H,1,12,14H2,2H3/t18-,19+/m1/s1. The van der Waals surface area contributed by atoms with E-state index in [1.807, 2.05) is 54.6 Å². The zero-order chi connectivity index (χ0) is 18.6. The first-order chi connectivity index (χ1) is 12.5. The molecule has 2 atom stereocenters. The summed E-state index contributed by atoms with van der Waals surface area (Å²) in [6.07, 6.45) is 1.51. The highest BCUT2D eigenvalue weighted by molar-refractivity contribution is 7.90. The van der Waals surface area contributed by atoms with Crippen molar-refractivity contribution in [3.8, 4) is 11.5 Å². The van der Waals surface area contributed by atoms with E-state index >= 15 is 0 Å². The largest absolute Gasteiger partial charge is 0.457 e. The first-order valence-electron chi connectivity index (χ1n) is 8.29. The van der Waals surface area contributed by atoms with E-state index in [1.54, 1.807) is 12.1 Å². The quantitative estimate of drug-likeness (QED) is 0.755. The van der Waals surface area contributed by atoms with Crippen molar-refractivity contribution in [2.75, 3.05) is 20.2 Å².